The number of aryl methyl sites for hydroxylation is 1. The molecule has 1 aliphatic heterocycles. The van der Waals surface area contributed by atoms with Gasteiger partial charge in [0.2, 0.25) is 17.0 Å². The second kappa shape index (κ2) is 14.1. The number of thioether (sulfide) groups is 1. The van der Waals surface area contributed by atoms with Gasteiger partial charge in [-0.25, -0.2) is 10.2 Å². The summed E-state index contributed by atoms with van der Waals surface area (Å²) in [7, 11) is 1.79. The van der Waals surface area contributed by atoms with Crippen LogP contribution in [-0.4, -0.2) is 54.2 Å². The van der Waals surface area contributed by atoms with Gasteiger partial charge in [0.1, 0.15) is 0 Å². The van der Waals surface area contributed by atoms with E-state index >= 15 is 0 Å². The number of carbonyl (C=O) groups is 2. The predicted octanol–water partition coefficient (Wildman–Crippen LogP) is 2.33. The number of aliphatic hydroxyl groups is 1. The van der Waals surface area contributed by atoms with Crippen LogP contribution in [0, 0.1) is 0 Å². The first-order valence-corrected chi connectivity index (χ1v) is 13.6. The van der Waals surface area contributed by atoms with Crippen LogP contribution < -0.4 is 10.8 Å². The number of carbonyl (C=O) groups excluding carboxylic acids is 2. The number of benzene rings is 2. The van der Waals surface area contributed by atoms with Gasteiger partial charge in [0, 0.05) is 44.2 Å². The molecule has 0 unspecified atom stereocenters. The molecule has 0 spiro atoms. The zero-order valence-electron chi connectivity index (χ0n) is 21.5. The van der Waals surface area contributed by atoms with Crippen LogP contribution in [0.2, 0.25) is 0 Å². The monoisotopic (exact) mass is 556 g/mol. The molecule has 13 heteroatoms. The van der Waals surface area contributed by atoms with Crippen LogP contribution in [0.3, 0.4) is 0 Å². The summed E-state index contributed by atoms with van der Waals surface area (Å²) >= 11 is 1.52. The van der Waals surface area contributed by atoms with Gasteiger partial charge in [-0.3, -0.25) is 14.8 Å². The third-order valence-corrected chi connectivity index (χ3v) is 7.41. The number of hydroxylamine groups is 1. The molecule has 2 aromatic carbocycles. The lowest BCUT2D eigenvalue weighted by Gasteiger charge is -2.36. The summed E-state index contributed by atoms with van der Waals surface area (Å²) in [5, 5.41) is 33.1. The van der Waals surface area contributed by atoms with E-state index in [1.165, 1.54) is 11.8 Å². The molecule has 12 nitrogen and oxygen atoms in total. The van der Waals surface area contributed by atoms with E-state index in [1.807, 2.05) is 48.5 Å². The van der Waals surface area contributed by atoms with E-state index in [0.29, 0.717) is 30.3 Å². The van der Waals surface area contributed by atoms with Crippen molar-refractivity contribution in [3.05, 3.63) is 70.8 Å². The van der Waals surface area contributed by atoms with Crippen molar-refractivity contribution < 1.29 is 29.4 Å². The molecule has 4 rings (SSSR count). The number of nitrogens with zero attached hydrogens (tertiary/aromatic N) is 4. The average Bonchev–Trinajstić information content (AvgIpc) is 3.39. The quantitative estimate of drug-likeness (QED) is 0.148. The van der Waals surface area contributed by atoms with E-state index in [0.717, 1.165) is 22.3 Å². The fourth-order valence-electron chi connectivity index (χ4n) is 4.08. The van der Waals surface area contributed by atoms with E-state index in [1.54, 1.807) is 17.2 Å². The minimum absolute atomic E-state index is 0.0176. The first-order valence-electron chi connectivity index (χ1n) is 12.6. The second-order valence-electron chi connectivity index (χ2n) is 9.15. The molecule has 4 N–H and O–H groups in total. The van der Waals surface area contributed by atoms with Crippen molar-refractivity contribution in [1.82, 2.24) is 31.0 Å². The molecular weight excluding hydrogens is 524 g/mol. The van der Waals surface area contributed by atoms with Gasteiger partial charge < -0.3 is 19.9 Å². The van der Waals surface area contributed by atoms with E-state index < -0.39 is 12.2 Å². The minimum Gasteiger partial charge on any atom is -0.392 e. The summed E-state index contributed by atoms with van der Waals surface area (Å²) in [4.78, 5) is 23.1. The fraction of sp³-hybridized carbons (Fsp3) is 0.423. The highest BCUT2D eigenvalue weighted by Crippen LogP contribution is 2.39. The molecule has 0 bridgehead atoms. The van der Waals surface area contributed by atoms with Gasteiger partial charge in [0.05, 0.1) is 18.8 Å². The predicted molar refractivity (Wildman–Crippen MR) is 140 cm³/mol. The highest BCUT2D eigenvalue weighted by Gasteiger charge is 2.32. The van der Waals surface area contributed by atoms with Crippen LogP contribution in [0.4, 0.5) is 0 Å². The number of hydrogen-bond acceptors (Lipinski definition) is 10. The standard InChI is InChI=1S/C26H32N6O6S/c1-32-26(28-30-31-32)39-16-21-13-22(19-9-7-18(15-33)8-10-19)38-25(37-21)20-11-5-17(6-12-20)14-27-23(34)3-2-4-24(35)29-36/h5-12,21-22,25,33,36H,2-4,13-16H2,1H3,(H,27,34)(H,29,35)/t21-,22+,25+/m0/s1. The second-order valence-corrected chi connectivity index (χ2v) is 10.1. The summed E-state index contributed by atoms with van der Waals surface area (Å²) < 4.78 is 14.3. The van der Waals surface area contributed by atoms with Crippen molar-refractivity contribution in [2.75, 3.05) is 5.75 Å². The minimum atomic E-state index is -0.592. The first kappa shape index (κ1) is 28.6. The Morgan fingerprint density at radius 1 is 1.03 bits per heavy atom. The molecule has 39 heavy (non-hydrogen) atoms. The van der Waals surface area contributed by atoms with Crippen LogP contribution in [0.5, 0.6) is 0 Å². The van der Waals surface area contributed by atoms with Crippen LogP contribution in [0.15, 0.2) is 53.7 Å². The van der Waals surface area contributed by atoms with Crippen molar-refractivity contribution in [2.24, 2.45) is 7.05 Å². The summed E-state index contributed by atoms with van der Waals surface area (Å²) in [5.74, 6) is -0.0395. The molecular formula is C26H32N6O6S. The van der Waals surface area contributed by atoms with Crippen molar-refractivity contribution in [1.29, 1.82) is 0 Å². The number of aliphatic hydroxyl groups excluding tert-OH is 1. The zero-order valence-corrected chi connectivity index (χ0v) is 22.3. The number of ether oxygens (including phenoxy) is 2. The third kappa shape index (κ3) is 8.31. The molecule has 3 aromatic rings. The van der Waals surface area contributed by atoms with Gasteiger partial charge in [-0.1, -0.05) is 60.3 Å². The van der Waals surface area contributed by atoms with Gasteiger partial charge in [-0.15, -0.1) is 5.10 Å². The Kier molecular flexibility index (Phi) is 10.4. The maximum atomic E-state index is 12.0. The highest BCUT2D eigenvalue weighted by molar-refractivity contribution is 7.99. The topological polar surface area (TPSA) is 161 Å². The molecule has 1 fully saturated rings. The molecule has 2 amide bonds. The number of hydrogen-bond donors (Lipinski definition) is 4. The van der Waals surface area contributed by atoms with Gasteiger partial charge in [-0.05, 0) is 33.5 Å². The van der Waals surface area contributed by atoms with Crippen molar-refractivity contribution >= 4 is 23.6 Å². The largest absolute Gasteiger partial charge is 0.392 e. The van der Waals surface area contributed by atoms with Gasteiger partial charge in [-0.2, -0.15) is 0 Å². The highest BCUT2D eigenvalue weighted by atomic mass is 32.2. The summed E-state index contributed by atoms with van der Waals surface area (Å²) in [5.41, 5.74) is 5.16. The molecule has 1 aromatic heterocycles. The molecule has 1 saturated heterocycles. The van der Waals surface area contributed by atoms with Crippen molar-refractivity contribution in [2.45, 2.75) is 62.5 Å². The van der Waals surface area contributed by atoms with Crippen LogP contribution in [-0.2, 0) is 39.3 Å². The maximum Gasteiger partial charge on any atom is 0.243 e. The Labute approximate surface area is 230 Å². The number of amides is 2. The zero-order chi connectivity index (χ0) is 27.6. The molecule has 0 saturated carbocycles. The fourth-order valence-corrected chi connectivity index (χ4v) is 4.95. The molecule has 0 radical (unpaired) electrons. The van der Waals surface area contributed by atoms with E-state index in [2.05, 4.69) is 20.8 Å². The average molecular weight is 557 g/mol. The van der Waals surface area contributed by atoms with E-state index in [-0.39, 0.29) is 37.6 Å². The number of tetrazole rings is 1. The Bertz CT molecular complexity index is 1220. The van der Waals surface area contributed by atoms with Crippen molar-refractivity contribution in [3.8, 4) is 0 Å². The normalized spacial score (nSPS) is 19.0. The molecule has 2 heterocycles. The summed E-state index contributed by atoms with van der Waals surface area (Å²) in [6.45, 7) is 0.332. The molecule has 1 aliphatic rings. The maximum absolute atomic E-state index is 12.0. The van der Waals surface area contributed by atoms with Gasteiger partial charge >= 0.3 is 0 Å². The number of rotatable bonds is 12. The number of aromatic nitrogens is 4. The number of nitrogens with one attached hydrogen (secondary N) is 2. The van der Waals surface area contributed by atoms with Crippen LogP contribution >= 0.6 is 11.8 Å². The van der Waals surface area contributed by atoms with Crippen LogP contribution in [0.25, 0.3) is 0 Å². The lowest BCUT2D eigenvalue weighted by molar-refractivity contribution is -0.245. The summed E-state index contributed by atoms with van der Waals surface area (Å²) in [6, 6.07) is 15.4. The summed E-state index contributed by atoms with van der Waals surface area (Å²) in [6.07, 6.45) is 0.361. The molecule has 0 aliphatic carbocycles. The Balaban J connectivity index is 1.38. The van der Waals surface area contributed by atoms with E-state index in [9.17, 15) is 14.7 Å². The Morgan fingerprint density at radius 3 is 2.38 bits per heavy atom. The third-order valence-electron chi connectivity index (χ3n) is 6.27. The van der Waals surface area contributed by atoms with Gasteiger partial charge in [0.15, 0.2) is 6.29 Å². The Morgan fingerprint density at radius 2 is 1.72 bits per heavy atom. The SMILES string of the molecule is Cn1nnnc1SC[C@@H]1C[C@H](c2ccc(CO)cc2)O[C@H](c2ccc(CNC(=O)CCCC(=O)NO)cc2)O1. The first-order chi connectivity index (χ1) is 18.9. The molecule has 3 atom stereocenters. The van der Waals surface area contributed by atoms with Gasteiger partial charge in [0.25, 0.3) is 0 Å². The van der Waals surface area contributed by atoms with Crippen molar-refractivity contribution in [3.63, 3.8) is 0 Å². The van der Waals surface area contributed by atoms with E-state index in [4.69, 9.17) is 14.7 Å². The Hall–Kier alpha value is -3.36. The smallest absolute Gasteiger partial charge is 0.243 e. The lowest BCUT2D eigenvalue weighted by atomic mass is 10.0. The molecule has 208 valence electrons. The van der Waals surface area contributed by atoms with Crippen LogP contribution in [0.1, 0.15) is 60.3 Å². The lowest BCUT2D eigenvalue weighted by Crippen LogP contribution is -2.31.